The van der Waals surface area contributed by atoms with Crippen LogP contribution in [0.4, 0.5) is 0 Å². The molecule has 15 heavy (non-hydrogen) atoms. The molecule has 1 atom stereocenters. The maximum absolute atomic E-state index is 11.6. The van der Waals surface area contributed by atoms with Crippen molar-refractivity contribution in [1.29, 1.82) is 0 Å². The van der Waals surface area contributed by atoms with E-state index in [1.807, 2.05) is 6.92 Å². The number of rotatable bonds is 5. The molecule has 0 spiro atoms. The molecule has 86 valence electrons. The highest BCUT2D eigenvalue weighted by Gasteiger charge is 2.18. The number of hydrogen-bond acceptors (Lipinski definition) is 2. The summed E-state index contributed by atoms with van der Waals surface area (Å²) in [6.45, 7) is 6.05. The lowest BCUT2D eigenvalue weighted by Crippen LogP contribution is -2.47. The smallest absolute Gasteiger partial charge is 0.237 e. The van der Waals surface area contributed by atoms with Crippen LogP contribution in [0.25, 0.3) is 0 Å². The maximum atomic E-state index is 11.6. The standard InChI is InChI=1S/C12H22N2O/c1-3-9-13-12(15)10(2)14-11-7-5-4-6-8-11/h3,10-11,14H,1,4-9H2,2H3,(H,13,15). The van der Waals surface area contributed by atoms with E-state index >= 15 is 0 Å². The van der Waals surface area contributed by atoms with Gasteiger partial charge >= 0.3 is 0 Å². The summed E-state index contributed by atoms with van der Waals surface area (Å²) in [6, 6.07) is 0.441. The lowest BCUT2D eigenvalue weighted by molar-refractivity contribution is -0.122. The van der Waals surface area contributed by atoms with Gasteiger partial charge < -0.3 is 10.6 Å². The first-order valence-corrected chi connectivity index (χ1v) is 5.88. The summed E-state index contributed by atoms with van der Waals surface area (Å²) in [7, 11) is 0. The molecule has 1 unspecified atom stereocenters. The largest absolute Gasteiger partial charge is 0.351 e. The van der Waals surface area contributed by atoms with Gasteiger partial charge in [0, 0.05) is 12.6 Å². The summed E-state index contributed by atoms with van der Waals surface area (Å²) < 4.78 is 0. The molecule has 1 saturated carbocycles. The SMILES string of the molecule is C=CCNC(=O)C(C)NC1CCCCC1. The molecule has 0 radical (unpaired) electrons. The number of hydrogen-bond donors (Lipinski definition) is 2. The Morgan fingerprint density at radius 1 is 1.47 bits per heavy atom. The quantitative estimate of drug-likeness (QED) is 0.677. The number of carbonyl (C=O) groups is 1. The van der Waals surface area contributed by atoms with Crippen LogP contribution in [0.15, 0.2) is 12.7 Å². The Kier molecular flexibility index (Phi) is 5.40. The van der Waals surface area contributed by atoms with Crippen molar-refractivity contribution in [1.82, 2.24) is 10.6 Å². The van der Waals surface area contributed by atoms with Gasteiger partial charge in [0.05, 0.1) is 6.04 Å². The van der Waals surface area contributed by atoms with Crippen LogP contribution in [0.5, 0.6) is 0 Å². The van der Waals surface area contributed by atoms with Gasteiger partial charge in [-0.1, -0.05) is 25.3 Å². The van der Waals surface area contributed by atoms with Crippen LogP contribution in [0.2, 0.25) is 0 Å². The summed E-state index contributed by atoms with van der Waals surface area (Å²) in [5.74, 6) is 0.0699. The summed E-state index contributed by atoms with van der Waals surface area (Å²) >= 11 is 0. The fourth-order valence-electron chi connectivity index (χ4n) is 2.02. The molecule has 1 aliphatic rings. The monoisotopic (exact) mass is 210 g/mol. The second-order valence-corrected chi connectivity index (χ2v) is 4.26. The Balaban J connectivity index is 2.23. The zero-order valence-corrected chi connectivity index (χ0v) is 9.59. The number of carbonyl (C=O) groups excluding carboxylic acids is 1. The highest BCUT2D eigenvalue weighted by molar-refractivity contribution is 5.81. The Hall–Kier alpha value is -0.830. The van der Waals surface area contributed by atoms with Crippen LogP contribution >= 0.6 is 0 Å². The maximum Gasteiger partial charge on any atom is 0.237 e. The van der Waals surface area contributed by atoms with Crippen molar-refractivity contribution in [2.24, 2.45) is 0 Å². The van der Waals surface area contributed by atoms with Gasteiger partial charge in [0.25, 0.3) is 0 Å². The molecule has 0 aromatic carbocycles. The van der Waals surface area contributed by atoms with Gasteiger partial charge in [-0.2, -0.15) is 0 Å². The van der Waals surface area contributed by atoms with E-state index in [4.69, 9.17) is 0 Å². The molecule has 3 heteroatoms. The molecule has 2 N–H and O–H groups in total. The van der Waals surface area contributed by atoms with Crippen molar-refractivity contribution in [2.45, 2.75) is 51.1 Å². The van der Waals surface area contributed by atoms with Crippen molar-refractivity contribution in [3.63, 3.8) is 0 Å². The second kappa shape index (κ2) is 6.62. The fraction of sp³-hybridized carbons (Fsp3) is 0.750. The first-order valence-electron chi connectivity index (χ1n) is 5.88. The van der Waals surface area contributed by atoms with E-state index < -0.39 is 0 Å². The summed E-state index contributed by atoms with van der Waals surface area (Å²) in [5, 5.41) is 6.18. The van der Waals surface area contributed by atoms with Crippen LogP contribution in [0.1, 0.15) is 39.0 Å². The third-order valence-corrected chi connectivity index (χ3v) is 2.90. The number of nitrogens with one attached hydrogen (secondary N) is 2. The fourth-order valence-corrected chi connectivity index (χ4v) is 2.02. The van der Waals surface area contributed by atoms with Crippen LogP contribution in [-0.2, 0) is 4.79 Å². The van der Waals surface area contributed by atoms with Gasteiger partial charge in [-0.15, -0.1) is 6.58 Å². The number of amides is 1. The van der Waals surface area contributed by atoms with E-state index in [9.17, 15) is 4.79 Å². The predicted octanol–water partition coefficient (Wildman–Crippen LogP) is 1.60. The summed E-state index contributed by atoms with van der Waals surface area (Å²) in [4.78, 5) is 11.6. The Bertz CT molecular complexity index is 210. The third kappa shape index (κ3) is 4.47. The zero-order valence-electron chi connectivity index (χ0n) is 9.59. The second-order valence-electron chi connectivity index (χ2n) is 4.26. The average Bonchev–Trinajstić information content (AvgIpc) is 2.27. The molecule has 1 aliphatic carbocycles. The van der Waals surface area contributed by atoms with Gasteiger partial charge in [-0.3, -0.25) is 4.79 Å². The van der Waals surface area contributed by atoms with Crippen molar-refractivity contribution < 1.29 is 4.79 Å². The zero-order chi connectivity index (χ0) is 11.1. The minimum absolute atomic E-state index is 0.0699. The Morgan fingerprint density at radius 2 is 2.13 bits per heavy atom. The molecule has 0 aromatic rings. The van der Waals surface area contributed by atoms with Gasteiger partial charge in [-0.25, -0.2) is 0 Å². The molecule has 0 heterocycles. The lowest BCUT2D eigenvalue weighted by Gasteiger charge is -2.26. The highest BCUT2D eigenvalue weighted by Crippen LogP contribution is 2.17. The Morgan fingerprint density at radius 3 is 2.73 bits per heavy atom. The highest BCUT2D eigenvalue weighted by atomic mass is 16.2. The van der Waals surface area contributed by atoms with Crippen LogP contribution in [-0.4, -0.2) is 24.5 Å². The Labute approximate surface area is 92.3 Å². The molecule has 0 saturated heterocycles. The lowest BCUT2D eigenvalue weighted by atomic mass is 9.95. The van der Waals surface area contributed by atoms with E-state index in [-0.39, 0.29) is 11.9 Å². The topological polar surface area (TPSA) is 41.1 Å². The van der Waals surface area contributed by atoms with Gasteiger partial charge in [0.1, 0.15) is 0 Å². The van der Waals surface area contributed by atoms with Crippen LogP contribution in [0.3, 0.4) is 0 Å². The average molecular weight is 210 g/mol. The van der Waals surface area contributed by atoms with Gasteiger partial charge in [0.2, 0.25) is 5.91 Å². The minimum atomic E-state index is -0.0898. The molecule has 1 fully saturated rings. The molecular formula is C12H22N2O. The van der Waals surface area contributed by atoms with E-state index in [1.165, 1.54) is 32.1 Å². The first-order chi connectivity index (χ1) is 7.24. The third-order valence-electron chi connectivity index (χ3n) is 2.90. The van der Waals surface area contributed by atoms with E-state index in [1.54, 1.807) is 6.08 Å². The normalized spacial score (nSPS) is 19.5. The molecule has 0 bridgehead atoms. The summed E-state index contributed by atoms with van der Waals surface area (Å²) in [5.41, 5.74) is 0. The van der Waals surface area contributed by atoms with Gasteiger partial charge in [0.15, 0.2) is 0 Å². The van der Waals surface area contributed by atoms with E-state index in [0.717, 1.165) is 0 Å². The van der Waals surface area contributed by atoms with Crippen molar-refractivity contribution in [3.05, 3.63) is 12.7 Å². The van der Waals surface area contributed by atoms with Crippen molar-refractivity contribution in [3.8, 4) is 0 Å². The first kappa shape index (κ1) is 12.2. The molecule has 1 rings (SSSR count). The molecule has 3 nitrogen and oxygen atoms in total. The molecule has 1 amide bonds. The predicted molar refractivity (Wildman–Crippen MR) is 62.7 cm³/mol. The summed E-state index contributed by atoms with van der Waals surface area (Å²) in [6.07, 6.45) is 8.04. The van der Waals surface area contributed by atoms with Crippen molar-refractivity contribution in [2.75, 3.05) is 6.54 Å². The van der Waals surface area contributed by atoms with E-state index in [0.29, 0.717) is 12.6 Å². The molecule has 0 aromatic heterocycles. The minimum Gasteiger partial charge on any atom is -0.351 e. The molecular weight excluding hydrogens is 188 g/mol. The van der Waals surface area contributed by atoms with Crippen molar-refractivity contribution >= 4 is 5.91 Å². The van der Waals surface area contributed by atoms with Crippen LogP contribution in [0, 0.1) is 0 Å². The molecule has 0 aliphatic heterocycles. The van der Waals surface area contributed by atoms with Crippen LogP contribution < -0.4 is 10.6 Å². The van der Waals surface area contributed by atoms with E-state index in [2.05, 4.69) is 17.2 Å². The van der Waals surface area contributed by atoms with Gasteiger partial charge in [-0.05, 0) is 19.8 Å².